The number of nitrogens with one attached hydrogen (secondary N) is 2. The lowest BCUT2D eigenvalue weighted by atomic mass is 9.43. The lowest BCUT2D eigenvalue weighted by Gasteiger charge is -2.62. The third kappa shape index (κ3) is 10.9. The molecule has 17 heteroatoms. The second-order valence-electron chi connectivity index (χ2n) is 26.5. The molecule has 0 saturated heterocycles. The van der Waals surface area contributed by atoms with E-state index < -0.39 is 31.7 Å². The minimum absolute atomic E-state index is 0.0557. The zero-order valence-electron chi connectivity index (χ0n) is 44.5. The molecule has 8 aliphatic rings. The van der Waals surface area contributed by atoms with Gasteiger partial charge in [0.15, 0.2) is 0 Å². The molecule has 0 aliphatic heterocycles. The van der Waals surface area contributed by atoms with Gasteiger partial charge in [-0.1, -0.05) is 46.8 Å². The van der Waals surface area contributed by atoms with Crippen LogP contribution in [-0.2, 0) is 41.2 Å². The van der Waals surface area contributed by atoms with Gasteiger partial charge in [-0.05, 0) is 215 Å². The Labute approximate surface area is 431 Å². The Kier molecular flexibility index (Phi) is 15.9. The van der Waals surface area contributed by atoms with Crippen LogP contribution in [0.1, 0.15) is 188 Å². The molecule has 2 amide bonds. The molecule has 8 aliphatic carbocycles. The molecule has 19 atom stereocenters. The predicted octanol–water partition coefficient (Wildman–Crippen LogP) is 8.83. The van der Waals surface area contributed by atoms with Crippen LogP contribution in [0.2, 0.25) is 0 Å². The van der Waals surface area contributed by atoms with Gasteiger partial charge in [-0.3, -0.25) is 18.7 Å². The van der Waals surface area contributed by atoms with Gasteiger partial charge in [-0.25, -0.2) is 4.68 Å². The molecule has 408 valence electrons. The summed E-state index contributed by atoms with van der Waals surface area (Å²) in [6, 6.07) is 0.268. The van der Waals surface area contributed by atoms with Crippen molar-refractivity contribution in [3.8, 4) is 0 Å². The zero-order valence-corrected chi connectivity index (χ0v) is 46.1. The minimum Gasteiger partial charge on any atom is -0.393 e. The lowest BCUT2D eigenvalue weighted by Crippen LogP contribution is -2.58. The molecule has 0 aromatic carbocycles. The highest BCUT2D eigenvalue weighted by molar-refractivity contribution is 7.86. The SMILES string of the molecule is C[C@H](CCC(=O)NCCS(=O)(=O)O)[C@H]1CC[C@H]2C3CCC4C[C@H](OCc5cn([C@@H]6CC[C@@]7(C)C(C6)C[C@H](O)[C@@H]6C7CC[C@@]7(C)C6CC[C@@H]7[C@H](C)CCC(=O)NCCS(=O)(=O)O)nn5)CC[C@]4(C)[C@H]3CC[C@]12C. The van der Waals surface area contributed by atoms with Gasteiger partial charge in [0.1, 0.15) is 5.69 Å². The van der Waals surface area contributed by atoms with Crippen molar-refractivity contribution in [2.75, 3.05) is 24.6 Å². The molecule has 0 spiro atoms. The summed E-state index contributed by atoms with van der Waals surface area (Å²) in [5.74, 6) is 5.25. The van der Waals surface area contributed by atoms with Gasteiger partial charge in [-0.2, -0.15) is 16.8 Å². The number of fused-ring (bicyclic) bond motifs is 10. The molecule has 8 fully saturated rings. The number of aliphatic hydroxyl groups is 1. The third-order valence-electron chi connectivity index (χ3n) is 23.2. The van der Waals surface area contributed by atoms with Gasteiger partial charge in [0.2, 0.25) is 11.8 Å². The topological polar surface area (TPSA) is 227 Å². The van der Waals surface area contributed by atoms with Gasteiger partial charge >= 0.3 is 0 Å². The Morgan fingerprint density at radius 2 is 1.21 bits per heavy atom. The second kappa shape index (κ2) is 21.0. The highest BCUT2D eigenvalue weighted by Gasteiger charge is 2.64. The number of carbonyl (C=O) groups excluding carboxylic acids is 2. The quantitative estimate of drug-likeness (QED) is 0.0870. The highest BCUT2D eigenvalue weighted by Crippen LogP contribution is 2.70. The van der Waals surface area contributed by atoms with E-state index in [9.17, 15) is 31.5 Å². The van der Waals surface area contributed by atoms with E-state index in [0.717, 1.165) is 100 Å². The van der Waals surface area contributed by atoms with Gasteiger partial charge in [0, 0.05) is 25.9 Å². The molecule has 1 aromatic heterocycles. The molecule has 0 radical (unpaired) electrons. The highest BCUT2D eigenvalue weighted by atomic mass is 32.2. The van der Waals surface area contributed by atoms with Crippen LogP contribution < -0.4 is 10.6 Å². The Bertz CT molecular complexity index is 2330. The summed E-state index contributed by atoms with van der Waals surface area (Å²) in [5.41, 5.74) is 1.87. The second-order valence-corrected chi connectivity index (χ2v) is 29.7. The van der Waals surface area contributed by atoms with E-state index in [2.05, 4.69) is 68.2 Å². The summed E-state index contributed by atoms with van der Waals surface area (Å²) in [5, 5.41) is 26.8. The number of amides is 2. The summed E-state index contributed by atoms with van der Waals surface area (Å²) in [6.45, 7) is 15.1. The first kappa shape index (κ1) is 54.6. The standard InChI is InChI=1S/C55H91N5O10S2/c1-34(7-15-49(62)56-25-27-71(64,65)66)42-11-13-44-41-10-9-36-30-40(18-22-52(36,3)45(41)19-23-54(42,44)5)70-33-38-32-60(59-58-38)39-17-21-53(4)37(29-39)31-48(61)51-46-14-12-43(55(46,6)24-20-47(51)53)35(2)8-16-50(63)57-26-28-72(67,68)69/h32,34-37,39-48,51,61H,7-31,33H2,1-6H3,(H,56,62)(H,57,63)(H,64,65,66)(H,67,68,69)/t34-,35-,36?,37?,39-,40-,41?,42-,43-,44+,45+,46?,47?,48+,51+,52+,53+,54-,55-/m1/s1. The van der Waals surface area contributed by atoms with Crippen LogP contribution in [0.4, 0.5) is 0 Å². The Morgan fingerprint density at radius 3 is 1.83 bits per heavy atom. The Hall–Kier alpha value is -2.18. The molecule has 9 rings (SSSR count). The van der Waals surface area contributed by atoms with E-state index in [1.165, 1.54) is 44.9 Å². The smallest absolute Gasteiger partial charge is 0.266 e. The van der Waals surface area contributed by atoms with Crippen LogP contribution in [0, 0.1) is 92.7 Å². The van der Waals surface area contributed by atoms with Crippen LogP contribution in [0.15, 0.2) is 6.20 Å². The van der Waals surface area contributed by atoms with Crippen molar-refractivity contribution in [1.82, 2.24) is 25.6 Å². The molecular formula is C55H91N5O10S2. The normalized spacial score (nSPS) is 42.4. The number of carbonyl (C=O) groups is 2. The Balaban J connectivity index is 0.732. The van der Waals surface area contributed by atoms with Crippen LogP contribution in [-0.4, -0.2) is 94.7 Å². The zero-order chi connectivity index (χ0) is 51.6. The summed E-state index contributed by atoms with van der Waals surface area (Å²) in [6.07, 6.45) is 24.0. The van der Waals surface area contributed by atoms with Crippen molar-refractivity contribution in [3.63, 3.8) is 0 Å². The first-order valence-corrected chi connectivity index (χ1v) is 31.8. The van der Waals surface area contributed by atoms with Crippen molar-refractivity contribution in [3.05, 3.63) is 11.9 Å². The summed E-state index contributed by atoms with van der Waals surface area (Å²) >= 11 is 0. The molecule has 72 heavy (non-hydrogen) atoms. The lowest BCUT2D eigenvalue weighted by molar-refractivity contribution is -0.169. The van der Waals surface area contributed by atoms with E-state index in [1.807, 2.05) is 0 Å². The van der Waals surface area contributed by atoms with Crippen LogP contribution >= 0.6 is 0 Å². The van der Waals surface area contributed by atoms with E-state index in [-0.39, 0.29) is 54.0 Å². The van der Waals surface area contributed by atoms with Gasteiger partial charge in [0.25, 0.3) is 20.2 Å². The van der Waals surface area contributed by atoms with Gasteiger partial charge in [-0.15, -0.1) is 5.10 Å². The molecule has 1 heterocycles. The van der Waals surface area contributed by atoms with E-state index in [1.54, 1.807) is 0 Å². The fourth-order valence-electron chi connectivity index (χ4n) is 19.5. The molecule has 15 nitrogen and oxygen atoms in total. The number of rotatable bonds is 18. The van der Waals surface area contributed by atoms with E-state index in [0.29, 0.717) is 83.5 Å². The fraction of sp³-hybridized carbons (Fsp3) is 0.927. The molecule has 0 bridgehead atoms. The van der Waals surface area contributed by atoms with Crippen molar-refractivity contribution in [2.45, 2.75) is 201 Å². The summed E-state index contributed by atoms with van der Waals surface area (Å²) in [4.78, 5) is 25.1. The number of ether oxygens (including phenoxy) is 1. The monoisotopic (exact) mass is 1050 g/mol. The Morgan fingerprint density at radius 1 is 0.681 bits per heavy atom. The molecule has 8 saturated carbocycles. The molecule has 5 unspecified atom stereocenters. The number of hydrogen-bond acceptors (Lipinski definition) is 10. The van der Waals surface area contributed by atoms with Gasteiger partial charge in [0.05, 0.1) is 42.6 Å². The number of nitrogens with zero attached hydrogens (tertiary/aromatic N) is 3. The fourth-order valence-corrected chi connectivity index (χ4v) is 20.2. The average Bonchev–Trinajstić information content (AvgIpc) is 4.03. The summed E-state index contributed by atoms with van der Waals surface area (Å²) < 4.78 is 71.2. The van der Waals surface area contributed by atoms with Crippen molar-refractivity contribution < 1.29 is 45.4 Å². The average molecular weight is 1050 g/mol. The predicted molar refractivity (Wildman–Crippen MR) is 275 cm³/mol. The summed E-state index contributed by atoms with van der Waals surface area (Å²) in [7, 11) is -8.20. The number of hydrogen-bond donors (Lipinski definition) is 5. The van der Waals surface area contributed by atoms with E-state index in [4.69, 9.17) is 19.1 Å². The number of aliphatic hydroxyl groups excluding tert-OH is 1. The molecule has 1 aromatic rings. The van der Waals surface area contributed by atoms with Crippen molar-refractivity contribution in [2.24, 2.45) is 92.7 Å². The first-order chi connectivity index (χ1) is 33.9. The third-order valence-corrected chi connectivity index (χ3v) is 24.7. The van der Waals surface area contributed by atoms with Crippen LogP contribution in [0.25, 0.3) is 0 Å². The number of aromatic nitrogens is 3. The van der Waals surface area contributed by atoms with Crippen LogP contribution in [0.5, 0.6) is 0 Å². The van der Waals surface area contributed by atoms with Crippen molar-refractivity contribution >= 4 is 32.1 Å². The maximum atomic E-state index is 12.5. The maximum Gasteiger partial charge on any atom is 0.266 e. The largest absolute Gasteiger partial charge is 0.393 e. The van der Waals surface area contributed by atoms with Crippen molar-refractivity contribution in [1.29, 1.82) is 0 Å². The molecular weight excluding hydrogens is 955 g/mol. The van der Waals surface area contributed by atoms with E-state index >= 15 is 0 Å². The molecule has 5 N–H and O–H groups in total. The minimum atomic E-state index is -4.11. The van der Waals surface area contributed by atoms with Gasteiger partial charge < -0.3 is 20.5 Å². The van der Waals surface area contributed by atoms with Crippen LogP contribution in [0.3, 0.4) is 0 Å². The first-order valence-electron chi connectivity index (χ1n) is 28.6. The maximum absolute atomic E-state index is 12.5.